The first-order valence-electron chi connectivity index (χ1n) is 6.18. The second kappa shape index (κ2) is 8.29. The number of carboxylic acid groups (broad SMARTS) is 1. The van der Waals surface area contributed by atoms with Crippen molar-refractivity contribution >= 4 is 11.9 Å². The van der Waals surface area contributed by atoms with Crippen molar-refractivity contribution in [2.24, 2.45) is 0 Å². The van der Waals surface area contributed by atoms with Crippen LogP contribution in [-0.2, 0) is 20.7 Å². The van der Waals surface area contributed by atoms with Crippen LogP contribution in [-0.4, -0.2) is 50.5 Å². The maximum absolute atomic E-state index is 11.8. The quantitative estimate of drug-likeness (QED) is 0.733. The van der Waals surface area contributed by atoms with Crippen molar-refractivity contribution in [1.29, 1.82) is 0 Å². The van der Waals surface area contributed by atoms with Gasteiger partial charge in [-0.05, 0) is 11.6 Å². The highest BCUT2D eigenvalue weighted by Crippen LogP contribution is 2.09. The zero-order valence-corrected chi connectivity index (χ0v) is 11.6. The van der Waals surface area contributed by atoms with Gasteiger partial charge in [0.25, 0.3) is 0 Å². The molecule has 1 aromatic carbocycles. The third-order valence-corrected chi connectivity index (χ3v) is 2.81. The highest BCUT2D eigenvalue weighted by atomic mass is 16.5. The minimum Gasteiger partial charge on any atom is -0.478 e. The lowest BCUT2D eigenvalue weighted by molar-refractivity contribution is -0.121. The van der Waals surface area contributed by atoms with Crippen LogP contribution in [0.4, 0.5) is 0 Å². The van der Waals surface area contributed by atoms with E-state index in [1.807, 2.05) is 0 Å². The lowest BCUT2D eigenvalue weighted by Gasteiger charge is -2.15. The Labute approximate surface area is 117 Å². The van der Waals surface area contributed by atoms with Gasteiger partial charge in [-0.25, -0.2) is 4.79 Å². The van der Waals surface area contributed by atoms with Crippen molar-refractivity contribution in [3.63, 3.8) is 0 Å². The number of rotatable bonds is 8. The van der Waals surface area contributed by atoms with Gasteiger partial charge in [-0.2, -0.15) is 0 Å². The Kier molecular flexibility index (Phi) is 6.69. The van der Waals surface area contributed by atoms with E-state index in [0.29, 0.717) is 18.7 Å². The third-order valence-electron chi connectivity index (χ3n) is 2.81. The van der Waals surface area contributed by atoms with Crippen molar-refractivity contribution in [2.45, 2.75) is 12.5 Å². The minimum absolute atomic E-state index is 0.0197. The molecule has 0 spiro atoms. The van der Waals surface area contributed by atoms with Gasteiger partial charge < -0.3 is 19.9 Å². The molecule has 0 aliphatic rings. The van der Waals surface area contributed by atoms with E-state index in [0.717, 1.165) is 0 Å². The maximum atomic E-state index is 11.8. The van der Waals surface area contributed by atoms with Gasteiger partial charge >= 0.3 is 5.97 Å². The van der Waals surface area contributed by atoms with Crippen LogP contribution in [0.15, 0.2) is 24.3 Å². The monoisotopic (exact) mass is 281 g/mol. The lowest BCUT2D eigenvalue weighted by atomic mass is 10.0. The lowest BCUT2D eigenvalue weighted by Crippen LogP contribution is -2.36. The fourth-order valence-corrected chi connectivity index (χ4v) is 1.74. The summed E-state index contributed by atoms with van der Waals surface area (Å²) in [7, 11) is 3.09. The Hall–Kier alpha value is -1.92. The number of hydrogen-bond donors (Lipinski definition) is 2. The van der Waals surface area contributed by atoms with Gasteiger partial charge in [0, 0.05) is 20.8 Å². The summed E-state index contributed by atoms with van der Waals surface area (Å²) in [5.41, 5.74) is 0.626. The zero-order chi connectivity index (χ0) is 15.0. The van der Waals surface area contributed by atoms with Crippen molar-refractivity contribution in [3.05, 3.63) is 35.4 Å². The number of methoxy groups -OCH3 is 2. The molecule has 0 fully saturated rings. The molecule has 1 rings (SSSR count). The maximum Gasteiger partial charge on any atom is 0.335 e. The molecule has 0 radical (unpaired) electrons. The SMILES string of the molecule is COCC(CNC(=O)Cc1ccccc1C(=O)O)OC. The van der Waals surface area contributed by atoms with E-state index in [4.69, 9.17) is 14.6 Å². The molecule has 0 aliphatic heterocycles. The van der Waals surface area contributed by atoms with Crippen LogP contribution in [0.25, 0.3) is 0 Å². The topological polar surface area (TPSA) is 84.9 Å². The number of aromatic carboxylic acids is 1. The summed E-state index contributed by atoms with van der Waals surface area (Å²) in [4.78, 5) is 22.8. The summed E-state index contributed by atoms with van der Waals surface area (Å²) in [6, 6.07) is 6.45. The fourth-order valence-electron chi connectivity index (χ4n) is 1.74. The van der Waals surface area contributed by atoms with Crippen molar-refractivity contribution in [3.8, 4) is 0 Å². The second-order valence-electron chi connectivity index (χ2n) is 4.26. The Bertz CT molecular complexity index is 461. The number of nitrogens with one attached hydrogen (secondary N) is 1. The first-order chi connectivity index (χ1) is 9.58. The molecule has 20 heavy (non-hydrogen) atoms. The molecule has 0 saturated carbocycles. The highest BCUT2D eigenvalue weighted by molar-refractivity contribution is 5.91. The van der Waals surface area contributed by atoms with Crippen LogP contribution >= 0.6 is 0 Å². The average Bonchev–Trinajstić information content (AvgIpc) is 2.43. The minimum atomic E-state index is -1.04. The van der Waals surface area contributed by atoms with Crippen LogP contribution in [0.1, 0.15) is 15.9 Å². The molecule has 0 saturated heterocycles. The molecule has 1 atom stereocenters. The molecule has 110 valence electrons. The number of hydrogen-bond acceptors (Lipinski definition) is 4. The van der Waals surface area contributed by atoms with Gasteiger partial charge in [-0.1, -0.05) is 18.2 Å². The Morgan fingerprint density at radius 1 is 1.30 bits per heavy atom. The molecule has 0 bridgehead atoms. The standard InChI is InChI=1S/C14H19NO5/c1-19-9-11(20-2)8-15-13(16)7-10-5-3-4-6-12(10)14(17)18/h3-6,11H,7-9H2,1-2H3,(H,15,16)(H,17,18). The van der Waals surface area contributed by atoms with Crippen LogP contribution in [0.3, 0.4) is 0 Å². The summed E-state index contributed by atoms with van der Waals surface area (Å²) in [6.45, 7) is 0.695. The summed E-state index contributed by atoms with van der Waals surface area (Å²) >= 11 is 0. The molecule has 0 aromatic heterocycles. The number of carboxylic acids is 1. The number of benzene rings is 1. The molecule has 1 amide bonds. The van der Waals surface area contributed by atoms with Crippen molar-refractivity contribution < 1.29 is 24.2 Å². The van der Waals surface area contributed by atoms with E-state index < -0.39 is 5.97 Å². The van der Waals surface area contributed by atoms with E-state index in [-0.39, 0.29) is 24.0 Å². The zero-order valence-electron chi connectivity index (χ0n) is 11.6. The van der Waals surface area contributed by atoms with E-state index in [1.54, 1.807) is 25.3 Å². The molecule has 1 unspecified atom stereocenters. The number of carbonyl (C=O) groups excluding carboxylic acids is 1. The fraction of sp³-hybridized carbons (Fsp3) is 0.429. The molecule has 0 aliphatic carbocycles. The van der Waals surface area contributed by atoms with E-state index in [2.05, 4.69) is 5.32 Å². The van der Waals surface area contributed by atoms with Crippen molar-refractivity contribution in [2.75, 3.05) is 27.4 Å². The molecule has 6 heteroatoms. The van der Waals surface area contributed by atoms with E-state index in [1.165, 1.54) is 13.2 Å². The molecule has 6 nitrogen and oxygen atoms in total. The Morgan fingerprint density at radius 2 is 2.00 bits per heavy atom. The summed E-state index contributed by atoms with van der Waals surface area (Å²) in [5, 5.41) is 11.7. The Morgan fingerprint density at radius 3 is 2.60 bits per heavy atom. The molecule has 2 N–H and O–H groups in total. The number of amides is 1. The summed E-state index contributed by atoms with van der Waals surface area (Å²) in [5.74, 6) is -1.29. The first kappa shape index (κ1) is 16.1. The average molecular weight is 281 g/mol. The molecular weight excluding hydrogens is 262 g/mol. The smallest absolute Gasteiger partial charge is 0.335 e. The van der Waals surface area contributed by atoms with E-state index >= 15 is 0 Å². The normalized spacial score (nSPS) is 11.9. The van der Waals surface area contributed by atoms with E-state index in [9.17, 15) is 9.59 Å². The summed E-state index contributed by atoms with van der Waals surface area (Å²) < 4.78 is 10.1. The molecular formula is C14H19NO5. The molecule has 1 aromatic rings. The first-order valence-corrected chi connectivity index (χ1v) is 6.18. The predicted molar refractivity (Wildman–Crippen MR) is 72.8 cm³/mol. The Balaban J connectivity index is 2.56. The number of carbonyl (C=O) groups is 2. The van der Waals surface area contributed by atoms with Crippen LogP contribution in [0.2, 0.25) is 0 Å². The van der Waals surface area contributed by atoms with Gasteiger partial charge in [0.2, 0.25) is 5.91 Å². The van der Waals surface area contributed by atoms with Crippen LogP contribution < -0.4 is 5.32 Å². The van der Waals surface area contributed by atoms with Crippen LogP contribution in [0.5, 0.6) is 0 Å². The highest BCUT2D eigenvalue weighted by Gasteiger charge is 2.14. The van der Waals surface area contributed by atoms with Crippen LogP contribution in [0, 0.1) is 0 Å². The second-order valence-corrected chi connectivity index (χ2v) is 4.26. The number of ether oxygens (including phenoxy) is 2. The van der Waals surface area contributed by atoms with Gasteiger partial charge in [-0.3, -0.25) is 4.79 Å². The summed E-state index contributed by atoms with van der Waals surface area (Å²) in [6.07, 6.45) is -0.204. The third kappa shape index (κ3) is 4.99. The largest absolute Gasteiger partial charge is 0.478 e. The van der Waals surface area contributed by atoms with Crippen molar-refractivity contribution in [1.82, 2.24) is 5.32 Å². The van der Waals surface area contributed by atoms with Gasteiger partial charge in [0.1, 0.15) is 0 Å². The van der Waals surface area contributed by atoms with Gasteiger partial charge in [0.05, 0.1) is 24.7 Å². The van der Waals surface area contributed by atoms with Gasteiger partial charge in [0.15, 0.2) is 0 Å². The predicted octanol–water partition coefficient (Wildman–Crippen LogP) is 0.705. The molecule has 0 heterocycles. The van der Waals surface area contributed by atoms with Gasteiger partial charge in [-0.15, -0.1) is 0 Å².